The van der Waals surface area contributed by atoms with Crippen LogP contribution in [0.15, 0.2) is 9.95 Å². The maximum Gasteiger partial charge on any atom is 0.262 e. The van der Waals surface area contributed by atoms with E-state index in [0.29, 0.717) is 22.9 Å². The van der Waals surface area contributed by atoms with Crippen molar-refractivity contribution < 1.29 is 4.79 Å². The van der Waals surface area contributed by atoms with Crippen LogP contribution in [0, 0.1) is 5.92 Å². The van der Waals surface area contributed by atoms with Crippen molar-refractivity contribution in [1.29, 1.82) is 0 Å². The molecule has 0 N–H and O–H groups in total. The number of hydrogen-bond acceptors (Lipinski definition) is 5. The summed E-state index contributed by atoms with van der Waals surface area (Å²) >= 11 is 3.09. The zero-order chi connectivity index (χ0) is 19.3. The average Bonchev–Trinajstić information content (AvgIpc) is 3.29. The maximum absolute atomic E-state index is 13.0. The van der Waals surface area contributed by atoms with Crippen LogP contribution >= 0.6 is 23.1 Å². The SMILES string of the molecule is Cn1c(SCC(=O)N2CCC[C@@H]3CCCC[C@@H]32)nc2sc3c(c2c1=O)CCC3. The summed E-state index contributed by atoms with van der Waals surface area (Å²) < 4.78 is 1.64. The molecule has 1 saturated heterocycles. The molecule has 2 atom stereocenters. The molecule has 5 nitrogen and oxygen atoms in total. The lowest BCUT2D eigenvalue weighted by Gasteiger charge is -2.44. The Bertz CT molecular complexity index is 978. The van der Waals surface area contributed by atoms with Crippen LogP contribution < -0.4 is 5.56 Å². The van der Waals surface area contributed by atoms with Gasteiger partial charge in [-0.1, -0.05) is 24.6 Å². The number of hydrogen-bond donors (Lipinski definition) is 0. The number of rotatable bonds is 3. The van der Waals surface area contributed by atoms with Crippen LogP contribution in [0.1, 0.15) is 55.4 Å². The molecule has 150 valence electrons. The number of aryl methyl sites for hydroxylation is 2. The van der Waals surface area contributed by atoms with Crippen molar-refractivity contribution in [3.8, 4) is 0 Å². The van der Waals surface area contributed by atoms with E-state index in [1.165, 1.54) is 47.9 Å². The minimum atomic E-state index is 0.0460. The zero-order valence-corrected chi connectivity index (χ0v) is 18.0. The Morgan fingerprint density at radius 3 is 2.89 bits per heavy atom. The first-order valence-corrected chi connectivity index (χ1v) is 12.4. The Morgan fingerprint density at radius 1 is 1.18 bits per heavy atom. The van der Waals surface area contributed by atoms with Crippen LogP contribution in [0.2, 0.25) is 0 Å². The second kappa shape index (κ2) is 7.48. The van der Waals surface area contributed by atoms with E-state index >= 15 is 0 Å². The summed E-state index contributed by atoms with van der Waals surface area (Å²) in [6, 6.07) is 0.440. The molecule has 2 aromatic rings. The van der Waals surface area contributed by atoms with E-state index in [4.69, 9.17) is 4.98 Å². The fraction of sp³-hybridized carbons (Fsp3) is 0.667. The Morgan fingerprint density at radius 2 is 2.00 bits per heavy atom. The first-order chi connectivity index (χ1) is 13.6. The van der Waals surface area contributed by atoms with Crippen molar-refractivity contribution >= 4 is 39.2 Å². The Kier molecular flexibility index (Phi) is 4.99. The monoisotopic (exact) mass is 417 g/mol. The number of aromatic nitrogens is 2. The molecule has 28 heavy (non-hydrogen) atoms. The summed E-state index contributed by atoms with van der Waals surface area (Å²) in [5.74, 6) is 1.29. The van der Waals surface area contributed by atoms with Gasteiger partial charge in [0.1, 0.15) is 4.83 Å². The number of carbonyl (C=O) groups is 1. The largest absolute Gasteiger partial charge is 0.339 e. The predicted molar refractivity (Wildman–Crippen MR) is 114 cm³/mol. The summed E-state index contributed by atoms with van der Waals surface area (Å²) in [5.41, 5.74) is 1.27. The van der Waals surface area contributed by atoms with Gasteiger partial charge in [-0.2, -0.15) is 0 Å². The molecule has 1 saturated carbocycles. The molecule has 3 heterocycles. The van der Waals surface area contributed by atoms with E-state index in [9.17, 15) is 9.59 Å². The quantitative estimate of drug-likeness (QED) is 0.564. The lowest BCUT2D eigenvalue weighted by Crippen LogP contribution is -2.50. The number of thiophene rings is 1. The first kappa shape index (κ1) is 18.7. The smallest absolute Gasteiger partial charge is 0.262 e. The van der Waals surface area contributed by atoms with Crippen molar-refractivity contribution in [3.63, 3.8) is 0 Å². The van der Waals surface area contributed by atoms with Crippen molar-refractivity contribution in [2.75, 3.05) is 12.3 Å². The van der Waals surface area contributed by atoms with Gasteiger partial charge in [-0.3, -0.25) is 14.2 Å². The highest BCUT2D eigenvalue weighted by Gasteiger charge is 2.35. The van der Waals surface area contributed by atoms with Crippen LogP contribution in [0.3, 0.4) is 0 Å². The third-order valence-corrected chi connectivity index (χ3v) is 8.99. The van der Waals surface area contributed by atoms with Crippen molar-refractivity contribution in [1.82, 2.24) is 14.5 Å². The molecule has 2 fully saturated rings. The van der Waals surface area contributed by atoms with Crippen LogP contribution in [0.25, 0.3) is 10.2 Å². The summed E-state index contributed by atoms with van der Waals surface area (Å²) in [7, 11) is 1.79. The number of likely N-dealkylation sites (tertiary alicyclic amines) is 1. The van der Waals surface area contributed by atoms with Crippen LogP contribution in [-0.2, 0) is 24.7 Å². The second-order valence-electron chi connectivity index (χ2n) is 8.43. The maximum atomic E-state index is 13.0. The van der Waals surface area contributed by atoms with Gasteiger partial charge in [0.25, 0.3) is 5.56 Å². The molecular formula is C21H27N3O2S2. The lowest BCUT2D eigenvalue weighted by molar-refractivity contribution is -0.134. The molecule has 2 aliphatic carbocycles. The molecule has 0 spiro atoms. The fourth-order valence-corrected chi connectivity index (χ4v) is 7.54. The van der Waals surface area contributed by atoms with Gasteiger partial charge in [-0.05, 0) is 56.4 Å². The van der Waals surface area contributed by atoms with E-state index in [-0.39, 0.29) is 11.5 Å². The number of amides is 1. The first-order valence-electron chi connectivity index (χ1n) is 10.6. The molecular weight excluding hydrogens is 390 g/mol. The molecule has 0 aromatic carbocycles. The van der Waals surface area contributed by atoms with Gasteiger partial charge in [-0.25, -0.2) is 4.98 Å². The third kappa shape index (κ3) is 3.11. The van der Waals surface area contributed by atoms with Gasteiger partial charge >= 0.3 is 0 Å². The van der Waals surface area contributed by atoms with E-state index in [1.807, 2.05) is 0 Å². The molecule has 3 aliphatic rings. The third-order valence-electron chi connectivity index (χ3n) is 6.79. The van der Waals surface area contributed by atoms with Crippen LogP contribution in [0.5, 0.6) is 0 Å². The lowest BCUT2D eigenvalue weighted by atomic mass is 9.78. The molecule has 1 amide bonds. The number of nitrogens with zero attached hydrogens (tertiary/aromatic N) is 3. The summed E-state index contributed by atoms with van der Waals surface area (Å²) in [6.07, 6.45) is 10.6. The molecule has 7 heteroatoms. The fourth-order valence-electron chi connectivity index (χ4n) is 5.38. The van der Waals surface area contributed by atoms with E-state index in [1.54, 1.807) is 23.0 Å². The molecule has 0 unspecified atom stereocenters. The normalized spacial score (nSPS) is 24.4. The van der Waals surface area contributed by atoms with E-state index < -0.39 is 0 Å². The number of piperidine rings is 1. The van der Waals surface area contributed by atoms with Gasteiger partial charge in [0.2, 0.25) is 5.91 Å². The molecule has 2 aromatic heterocycles. The zero-order valence-electron chi connectivity index (χ0n) is 16.4. The Labute approximate surface area is 173 Å². The standard InChI is InChI=1S/C21H27N3O2S2/c1-23-20(26)18-14-8-4-10-16(14)28-19(18)22-21(23)27-12-17(25)24-11-5-7-13-6-2-3-9-15(13)24/h13,15H,2-12H2,1H3/t13-,15-/m0/s1. The summed E-state index contributed by atoms with van der Waals surface area (Å²) in [4.78, 5) is 35.0. The van der Waals surface area contributed by atoms with Crippen LogP contribution in [-0.4, -0.2) is 38.7 Å². The second-order valence-corrected chi connectivity index (χ2v) is 10.5. The molecule has 5 rings (SSSR count). The van der Waals surface area contributed by atoms with Gasteiger partial charge < -0.3 is 4.90 Å². The highest BCUT2D eigenvalue weighted by molar-refractivity contribution is 7.99. The number of thioether (sulfide) groups is 1. The molecule has 1 aliphatic heterocycles. The highest BCUT2D eigenvalue weighted by Crippen LogP contribution is 2.37. The van der Waals surface area contributed by atoms with Crippen molar-refractivity contribution in [2.45, 2.75) is 69.0 Å². The van der Waals surface area contributed by atoms with Gasteiger partial charge in [0.15, 0.2) is 5.16 Å². The van der Waals surface area contributed by atoms with Gasteiger partial charge in [0.05, 0.1) is 11.1 Å². The summed E-state index contributed by atoms with van der Waals surface area (Å²) in [5, 5.41) is 1.49. The topological polar surface area (TPSA) is 55.2 Å². The van der Waals surface area contributed by atoms with Gasteiger partial charge in [-0.15, -0.1) is 11.3 Å². The number of fused-ring (bicyclic) bond motifs is 4. The van der Waals surface area contributed by atoms with E-state index in [2.05, 4.69) is 4.90 Å². The minimum Gasteiger partial charge on any atom is -0.339 e. The van der Waals surface area contributed by atoms with Gasteiger partial charge in [0, 0.05) is 24.5 Å². The van der Waals surface area contributed by atoms with Crippen molar-refractivity contribution in [3.05, 3.63) is 20.8 Å². The van der Waals surface area contributed by atoms with Crippen LogP contribution in [0.4, 0.5) is 0 Å². The average molecular weight is 418 g/mol. The Balaban J connectivity index is 1.35. The predicted octanol–water partition coefficient (Wildman–Crippen LogP) is 3.76. The van der Waals surface area contributed by atoms with Crippen molar-refractivity contribution in [2.24, 2.45) is 13.0 Å². The Hall–Kier alpha value is -1.34. The molecule has 0 radical (unpaired) electrons. The number of carbonyl (C=O) groups excluding carboxylic acids is 1. The highest BCUT2D eigenvalue weighted by atomic mass is 32.2. The molecule has 0 bridgehead atoms. The van der Waals surface area contributed by atoms with E-state index in [0.717, 1.165) is 48.9 Å². The minimum absolute atomic E-state index is 0.0460. The summed E-state index contributed by atoms with van der Waals surface area (Å²) in [6.45, 7) is 0.892.